The van der Waals surface area contributed by atoms with E-state index in [-0.39, 0.29) is 17.9 Å². The molecular formula is C12H13F3N4. The number of halogens is 3. The van der Waals surface area contributed by atoms with Crippen LogP contribution >= 0.6 is 0 Å². The Bertz CT molecular complexity index is 575. The van der Waals surface area contributed by atoms with E-state index in [4.69, 9.17) is 5.73 Å². The molecule has 0 aliphatic carbocycles. The summed E-state index contributed by atoms with van der Waals surface area (Å²) in [6.45, 7) is 0.253. The van der Waals surface area contributed by atoms with Gasteiger partial charge in [-0.3, -0.25) is 4.68 Å². The molecule has 0 atom stereocenters. The summed E-state index contributed by atoms with van der Waals surface area (Å²) in [5, 5.41) is 6.70. The molecular weight excluding hydrogens is 257 g/mol. The third-order valence-corrected chi connectivity index (χ3v) is 2.73. The molecule has 19 heavy (non-hydrogen) atoms. The lowest BCUT2D eigenvalue weighted by Gasteiger charge is -2.15. The molecule has 7 heteroatoms. The van der Waals surface area contributed by atoms with Gasteiger partial charge in [0.25, 0.3) is 0 Å². The van der Waals surface area contributed by atoms with E-state index < -0.39 is 11.7 Å². The normalized spacial score (nSPS) is 11.6. The van der Waals surface area contributed by atoms with Crippen LogP contribution < -0.4 is 11.1 Å². The van der Waals surface area contributed by atoms with Crippen molar-refractivity contribution < 1.29 is 13.2 Å². The second-order valence-corrected chi connectivity index (χ2v) is 4.10. The van der Waals surface area contributed by atoms with Gasteiger partial charge in [0.1, 0.15) is 0 Å². The summed E-state index contributed by atoms with van der Waals surface area (Å²) < 4.78 is 40.2. The third-order valence-electron chi connectivity index (χ3n) is 2.73. The van der Waals surface area contributed by atoms with E-state index in [9.17, 15) is 13.2 Å². The molecule has 0 fully saturated rings. The van der Waals surface area contributed by atoms with Gasteiger partial charge in [0.05, 0.1) is 17.8 Å². The minimum Gasteiger partial charge on any atom is -0.399 e. The van der Waals surface area contributed by atoms with E-state index >= 15 is 0 Å². The van der Waals surface area contributed by atoms with E-state index in [1.54, 1.807) is 24.0 Å². The molecule has 1 aromatic heterocycles. The first-order valence-electron chi connectivity index (χ1n) is 5.55. The van der Waals surface area contributed by atoms with Gasteiger partial charge in [-0.25, -0.2) is 0 Å². The smallest absolute Gasteiger partial charge is 0.399 e. The van der Waals surface area contributed by atoms with Crippen LogP contribution in [0.3, 0.4) is 0 Å². The fourth-order valence-corrected chi connectivity index (χ4v) is 1.71. The number of nitrogens with two attached hydrogens (primary N) is 1. The monoisotopic (exact) mass is 270 g/mol. The lowest BCUT2D eigenvalue weighted by molar-refractivity contribution is -0.136. The number of hydrogen-bond donors (Lipinski definition) is 2. The molecule has 0 aliphatic heterocycles. The molecule has 0 amide bonds. The van der Waals surface area contributed by atoms with Crippen LogP contribution in [0.25, 0.3) is 0 Å². The maximum Gasteiger partial charge on any atom is 0.418 e. The predicted molar refractivity (Wildman–Crippen MR) is 66.4 cm³/mol. The molecule has 0 aliphatic rings. The van der Waals surface area contributed by atoms with Crippen molar-refractivity contribution in [3.63, 3.8) is 0 Å². The minimum atomic E-state index is -4.44. The van der Waals surface area contributed by atoms with Gasteiger partial charge in [-0.2, -0.15) is 18.3 Å². The molecule has 2 aromatic rings. The van der Waals surface area contributed by atoms with Crippen molar-refractivity contribution in [2.45, 2.75) is 12.7 Å². The van der Waals surface area contributed by atoms with Gasteiger partial charge >= 0.3 is 6.18 Å². The number of hydrogen-bond acceptors (Lipinski definition) is 3. The Hall–Kier alpha value is -2.18. The first-order valence-corrected chi connectivity index (χ1v) is 5.55. The molecule has 0 saturated carbocycles. The molecule has 0 bridgehead atoms. The van der Waals surface area contributed by atoms with E-state index in [1.807, 2.05) is 0 Å². The van der Waals surface area contributed by atoms with Gasteiger partial charge in [-0.1, -0.05) is 0 Å². The van der Waals surface area contributed by atoms with Crippen LogP contribution in [0, 0.1) is 0 Å². The molecule has 0 spiro atoms. The summed E-state index contributed by atoms with van der Waals surface area (Å²) in [5.41, 5.74) is 5.50. The Morgan fingerprint density at radius 3 is 2.63 bits per heavy atom. The maximum absolute atomic E-state index is 12.9. The van der Waals surface area contributed by atoms with E-state index in [1.165, 1.54) is 12.1 Å². The van der Waals surface area contributed by atoms with Crippen molar-refractivity contribution in [1.82, 2.24) is 9.78 Å². The second kappa shape index (κ2) is 4.83. The zero-order valence-electron chi connectivity index (χ0n) is 10.2. The highest BCUT2D eigenvalue weighted by molar-refractivity contribution is 5.59. The number of anilines is 2. The SMILES string of the molecule is Cn1nccc1CNc1ccc(N)cc1C(F)(F)F. The molecule has 1 heterocycles. The summed E-state index contributed by atoms with van der Waals surface area (Å²) in [7, 11) is 1.73. The van der Waals surface area contributed by atoms with Crippen molar-refractivity contribution >= 4 is 11.4 Å². The average Bonchev–Trinajstić information content (AvgIpc) is 2.72. The van der Waals surface area contributed by atoms with Crippen LogP contribution in [0.5, 0.6) is 0 Å². The highest BCUT2D eigenvalue weighted by Crippen LogP contribution is 2.36. The van der Waals surface area contributed by atoms with Crippen LogP contribution in [0.2, 0.25) is 0 Å². The number of alkyl halides is 3. The van der Waals surface area contributed by atoms with Crippen LogP contribution in [0.1, 0.15) is 11.3 Å². The lowest BCUT2D eigenvalue weighted by atomic mass is 10.1. The number of aromatic nitrogens is 2. The largest absolute Gasteiger partial charge is 0.418 e. The third kappa shape index (κ3) is 2.98. The van der Waals surface area contributed by atoms with Gasteiger partial charge in [-0.05, 0) is 24.3 Å². The zero-order valence-corrected chi connectivity index (χ0v) is 10.2. The van der Waals surface area contributed by atoms with Gasteiger partial charge in [0.15, 0.2) is 0 Å². The van der Waals surface area contributed by atoms with E-state index in [0.29, 0.717) is 0 Å². The van der Waals surface area contributed by atoms with Crippen molar-refractivity contribution in [2.75, 3.05) is 11.1 Å². The summed E-state index contributed by atoms with van der Waals surface area (Å²) in [6.07, 6.45) is -2.85. The molecule has 0 saturated heterocycles. The first-order chi connectivity index (χ1) is 8.88. The highest BCUT2D eigenvalue weighted by Gasteiger charge is 2.33. The number of aryl methyl sites for hydroxylation is 1. The molecule has 4 nitrogen and oxygen atoms in total. The van der Waals surface area contributed by atoms with Crippen molar-refractivity contribution in [2.24, 2.45) is 7.05 Å². The summed E-state index contributed by atoms with van der Waals surface area (Å²) >= 11 is 0. The Morgan fingerprint density at radius 1 is 1.32 bits per heavy atom. The fraction of sp³-hybridized carbons (Fsp3) is 0.250. The molecule has 1 aromatic carbocycles. The first kappa shape index (κ1) is 13.3. The second-order valence-electron chi connectivity index (χ2n) is 4.10. The maximum atomic E-state index is 12.9. The van der Waals surface area contributed by atoms with E-state index in [2.05, 4.69) is 10.4 Å². The highest BCUT2D eigenvalue weighted by atomic mass is 19.4. The molecule has 2 rings (SSSR count). The van der Waals surface area contributed by atoms with Crippen LogP contribution in [0.15, 0.2) is 30.5 Å². The topological polar surface area (TPSA) is 55.9 Å². The van der Waals surface area contributed by atoms with Crippen LogP contribution in [0.4, 0.5) is 24.5 Å². The van der Waals surface area contributed by atoms with Gasteiger partial charge in [0, 0.05) is 24.6 Å². The molecule has 102 valence electrons. The minimum absolute atomic E-state index is 0.00269. The molecule has 3 N–H and O–H groups in total. The summed E-state index contributed by atoms with van der Waals surface area (Å²) in [4.78, 5) is 0. The molecule has 0 unspecified atom stereocenters. The summed E-state index contributed by atoms with van der Waals surface area (Å²) in [6, 6.07) is 5.42. The number of rotatable bonds is 3. The number of nitrogens with zero attached hydrogens (tertiary/aromatic N) is 2. The predicted octanol–water partition coefficient (Wildman–Crippen LogP) is 2.63. The Kier molecular flexibility index (Phi) is 3.37. The number of nitrogen functional groups attached to an aromatic ring is 1. The Morgan fingerprint density at radius 2 is 2.05 bits per heavy atom. The van der Waals surface area contributed by atoms with Crippen molar-refractivity contribution in [1.29, 1.82) is 0 Å². The standard InChI is InChI=1S/C12H13F3N4/c1-19-9(4-5-18-19)7-17-11-3-2-8(16)6-10(11)12(13,14)15/h2-6,17H,7,16H2,1H3. The Balaban J connectivity index is 2.23. The van der Waals surface area contributed by atoms with Gasteiger partial charge in [-0.15, -0.1) is 0 Å². The van der Waals surface area contributed by atoms with E-state index in [0.717, 1.165) is 11.8 Å². The molecule has 0 radical (unpaired) electrons. The van der Waals surface area contributed by atoms with Gasteiger partial charge < -0.3 is 11.1 Å². The van der Waals surface area contributed by atoms with Gasteiger partial charge in [0.2, 0.25) is 0 Å². The van der Waals surface area contributed by atoms with Crippen molar-refractivity contribution in [3.05, 3.63) is 41.7 Å². The quantitative estimate of drug-likeness (QED) is 0.843. The van der Waals surface area contributed by atoms with Crippen LogP contribution in [-0.4, -0.2) is 9.78 Å². The number of benzene rings is 1. The summed E-state index contributed by atoms with van der Waals surface area (Å²) in [5.74, 6) is 0. The van der Waals surface area contributed by atoms with Crippen LogP contribution in [-0.2, 0) is 19.8 Å². The zero-order chi connectivity index (χ0) is 14.0. The number of nitrogens with one attached hydrogen (secondary N) is 1. The Labute approximate surface area is 108 Å². The fourth-order valence-electron chi connectivity index (χ4n) is 1.71. The average molecular weight is 270 g/mol. The van der Waals surface area contributed by atoms with Crippen molar-refractivity contribution in [3.8, 4) is 0 Å². The lowest BCUT2D eigenvalue weighted by Crippen LogP contribution is -2.12.